The van der Waals surface area contributed by atoms with Gasteiger partial charge < -0.3 is 4.57 Å². The van der Waals surface area contributed by atoms with Crippen molar-refractivity contribution in [1.29, 1.82) is 5.41 Å². The fourth-order valence-corrected chi connectivity index (χ4v) is 7.71. The summed E-state index contributed by atoms with van der Waals surface area (Å²) in [5.41, 5.74) is 11.0. The molecule has 0 spiro atoms. The summed E-state index contributed by atoms with van der Waals surface area (Å²) in [5.74, 6) is 0.773. The number of hydrogen-bond acceptors (Lipinski definition) is 1. The highest BCUT2D eigenvalue weighted by Crippen LogP contribution is 2.43. The zero-order valence-electron chi connectivity index (χ0n) is 27.6. The van der Waals surface area contributed by atoms with Crippen LogP contribution in [0.4, 0.5) is 0 Å². The molecule has 8 aromatic carbocycles. The van der Waals surface area contributed by atoms with E-state index in [9.17, 15) is 0 Å². The summed E-state index contributed by atoms with van der Waals surface area (Å²) in [6.07, 6.45) is 0. The molecule has 0 saturated carbocycles. The van der Waals surface area contributed by atoms with E-state index >= 15 is 0 Å². The number of aromatic nitrogens is 2. The summed E-state index contributed by atoms with van der Waals surface area (Å²) in [7, 11) is 0. The lowest BCUT2D eigenvalue weighted by Gasteiger charge is -2.16. The van der Waals surface area contributed by atoms with Crippen molar-refractivity contribution in [2.45, 2.75) is 0 Å². The lowest BCUT2D eigenvalue weighted by molar-refractivity contribution is 1.09. The molecule has 10 rings (SSSR count). The van der Waals surface area contributed by atoms with Crippen LogP contribution in [0.5, 0.6) is 0 Å². The molecule has 2 aromatic heterocycles. The fraction of sp³-hybridized carbons (Fsp3) is 0. The molecule has 51 heavy (non-hydrogen) atoms. The van der Waals surface area contributed by atoms with E-state index in [1.807, 2.05) is 60.7 Å². The predicted octanol–water partition coefficient (Wildman–Crippen LogP) is 11.2. The van der Waals surface area contributed by atoms with Gasteiger partial charge in [0.05, 0.1) is 22.1 Å². The number of nitrogens with zero attached hydrogens (tertiary/aromatic N) is 3. The van der Waals surface area contributed by atoms with Gasteiger partial charge in [0.25, 0.3) is 0 Å². The summed E-state index contributed by atoms with van der Waals surface area (Å²) in [6.45, 7) is 0. The minimum atomic E-state index is 0.185. The maximum Gasteiger partial charge on any atom is 0.154 e. The Balaban J connectivity index is 1.37. The molecule has 240 valence electrons. The molecule has 2 N–H and O–H groups in total. The van der Waals surface area contributed by atoms with Crippen LogP contribution in [0.3, 0.4) is 0 Å². The first-order valence-electron chi connectivity index (χ1n) is 17.2. The average Bonchev–Trinajstić information content (AvgIpc) is 3.71. The fourth-order valence-electron chi connectivity index (χ4n) is 7.71. The Kier molecular flexibility index (Phi) is 6.58. The lowest BCUT2D eigenvalue weighted by atomic mass is 10.0. The van der Waals surface area contributed by atoms with Gasteiger partial charge in [-0.1, -0.05) is 152 Å². The molecule has 0 saturated heterocycles. The third-order valence-corrected chi connectivity index (χ3v) is 9.98. The van der Waals surface area contributed by atoms with Crippen LogP contribution in [0.2, 0.25) is 0 Å². The highest BCUT2D eigenvalue weighted by Gasteiger charge is 2.23. The van der Waals surface area contributed by atoms with Crippen LogP contribution in [0, 0.1) is 5.41 Å². The molecule has 2 heterocycles. The Morgan fingerprint density at radius 3 is 1.67 bits per heavy atom. The zero-order chi connectivity index (χ0) is 33.9. The number of amidine groups is 2. The summed E-state index contributed by atoms with van der Waals surface area (Å²) in [6, 6.07) is 61.1. The van der Waals surface area contributed by atoms with Crippen LogP contribution in [-0.2, 0) is 0 Å². The maximum absolute atomic E-state index is 9.07. The van der Waals surface area contributed by atoms with Crippen molar-refractivity contribution in [1.82, 2.24) is 9.24 Å². The van der Waals surface area contributed by atoms with E-state index in [0.717, 1.165) is 60.3 Å². The number of rotatable bonds is 4. The van der Waals surface area contributed by atoms with Crippen molar-refractivity contribution in [2.75, 3.05) is 5.43 Å². The molecule has 0 aliphatic carbocycles. The number of benzene rings is 8. The minimum absolute atomic E-state index is 0.185. The molecular formula is C46H31N5. The normalized spacial score (nSPS) is 12.1. The van der Waals surface area contributed by atoms with E-state index in [1.165, 1.54) is 21.7 Å². The van der Waals surface area contributed by atoms with Crippen LogP contribution >= 0.6 is 0 Å². The highest BCUT2D eigenvalue weighted by molar-refractivity contribution is 6.31. The van der Waals surface area contributed by atoms with Crippen LogP contribution in [0.25, 0.3) is 70.8 Å². The van der Waals surface area contributed by atoms with Crippen molar-refractivity contribution in [3.63, 3.8) is 0 Å². The number of hydrogen-bond donors (Lipinski definition) is 2. The quantitative estimate of drug-likeness (QED) is 0.144. The molecule has 0 aliphatic rings. The van der Waals surface area contributed by atoms with E-state index in [4.69, 9.17) is 10.4 Å². The second-order valence-electron chi connectivity index (χ2n) is 12.9. The Hall–Kier alpha value is -6.98. The summed E-state index contributed by atoms with van der Waals surface area (Å²) >= 11 is 0. The standard InChI is InChI=1S/C46H31N5/c47-45(32-16-4-1-5-17-32)48-46(33-18-6-2-7-19-33)49-51-43-36-23-13-11-15-31(36)24-26-37(43)38-28-29-40-41(44(38)51)39-27-25-30-14-10-12-22-35(30)42(39)50(40)34-20-8-3-9-21-34/h1-29H,(H2,47,48,49). The molecule has 0 radical (unpaired) electrons. The van der Waals surface area contributed by atoms with Crippen molar-refractivity contribution in [2.24, 2.45) is 4.99 Å². The molecular weight excluding hydrogens is 623 g/mol. The van der Waals surface area contributed by atoms with Crippen LogP contribution in [0.1, 0.15) is 11.1 Å². The van der Waals surface area contributed by atoms with E-state index in [0.29, 0.717) is 5.84 Å². The third-order valence-electron chi connectivity index (χ3n) is 9.98. The van der Waals surface area contributed by atoms with Gasteiger partial charge in [0, 0.05) is 49.1 Å². The second-order valence-corrected chi connectivity index (χ2v) is 12.9. The summed E-state index contributed by atoms with van der Waals surface area (Å²) < 4.78 is 4.63. The molecule has 0 unspecified atom stereocenters. The number of para-hydroxylation sites is 1. The maximum atomic E-state index is 9.07. The predicted molar refractivity (Wildman–Crippen MR) is 214 cm³/mol. The molecule has 0 atom stereocenters. The van der Waals surface area contributed by atoms with E-state index < -0.39 is 0 Å². The number of nitrogens with one attached hydrogen (secondary N) is 2. The van der Waals surface area contributed by atoms with Crippen molar-refractivity contribution in [3.8, 4) is 5.69 Å². The SMILES string of the molecule is N=C(N=C(Nn1c2c3ccccc3ccc2c2ccc3c(c4ccc5ccccc5c4n3-c3ccccc3)c21)c1ccccc1)c1ccccc1. The second kappa shape index (κ2) is 11.6. The van der Waals surface area contributed by atoms with E-state index in [-0.39, 0.29) is 5.84 Å². The van der Waals surface area contributed by atoms with Gasteiger partial charge in [-0.25, -0.2) is 4.99 Å². The molecule has 5 heteroatoms. The average molecular weight is 654 g/mol. The highest BCUT2D eigenvalue weighted by atomic mass is 15.4. The molecule has 0 fully saturated rings. The molecule has 0 bridgehead atoms. The minimum Gasteiger partial charge on any atom is -0.309 e. The molecule has 10 aromatic rings. The molecule has 0 aliphatic heterocycles. The van der Waals surface area contributed by atoms with Gasteiger partial charge in [-0.3, -0.25) is 15.5 Å². The largest absolute Gasteiger partial charge is 0.309 e. The van der Waals surface area contributed by atoms with Crippen LogP contribution < -0.4 is 5.43 Å². The summed E-state index contributed by atoms with van der Waals surface area (Å²) in [4.78, 5) is 4.98. The van der Waals surface area contributed by atoms with Crippen molar-refractivity contribution >= 4 is 76.8 Å². The first-order chi connectivity index (χ1) is 25.2. The van der Waals surface area contributed by atoms with Crippen LogP contribution in [0.15, 0.2) is 181 Å². The smallest absolute Gasteiger partial charge is 0.154 e. The first kappa shape index (κ1) is 29.0. The Morgan fingerprint density at radius 1 is 0.451 bits per heavy atom. The Morgan fingerprint density at radius 2 is 0.980 bits per heavy atom. The van der Waals surface area contributed by atoms with Gasteiger partial charge in [0.2, 0.25) is 0 Å². The van der Waals surface area contributed by atoms with Gasteiger partial charge in [-0.15, -0.1) is 0 Å². The molecule has 0 amide bonds. The number of fused-ring (bicyclic) bond motifs is 11. The third kappa shape index (κ3) is 4.56. The van der Waals surface area contributed by atoms with Gasteiger partial charge in [-0.05, 0) is 35.0 Å². The first-order valence-corrected chi connectivity index (χ1v) is 17.2. The zero-order valence-corrected chi connectivity index (χ0v) is 27.6. The van der Waals surface area contributed by atoms with Crippen molar-refractivity contribution < 1.29 is 0 Å². The van der Waals surface area contributed by atoms with Gasteiger partial charge in [-0.2, -0.15) is 0 Å². The van der Waals surface area contributed by atoms with E-state index in [1.54, 1.807) is 0 Å². The Labute approximate surface area is 293 Å². The van der Waals surface area contributed by atoms with Crippen molar-refractivity contribution in [3.05, 3.63) is 187 Å². The van der Waals surface area contributed by atoms with Crippen LogP contribution in [-0.4, -0.2) is 20.9 Å². The topological polar surface area (TPSA) is 58.1 Å². The molecule has 5 nitrogen and oxygen atoms in total. The Bertz CT molecular complexity index is 2990. The van der Waals surface area contributed by atoms with Gasteiger partial charge >= 0.3 is 0 Å². The monoisotopic (exact) mass is 653 g/mol. The lowest BCUT2D eigenvalue weighted by Crippen LogP contribution is -2.25. The number of aliphatic imine (C=N–C) groups is 1. The van der Waals surface area contributed by atoms with E-state index in [2.05, 4.69) is 130 Å². The van der Waals surface area contributed by atoms with Gasteiger partial charge in [0.1, 0.15) is 0 Å². The summed E-state index contributed by atoms with van der Waals surface area (Å²) in [5, 5.41) is 18.4. The van der Waals surface area contributed by atoms with Gasteiger partial charge in [0.15, 0.2) is 11.7 Å².